The van der Waals surface area contributed by atoms with Crippen LogP contribution in [0.2, 0.25) is 0 Å². The summed E-state index contributed by atoms with van der Waals surface area (Å²) in [5, 5.41) is 20.4. The van der Waals surface area contributed by atoms with Crippen LogP contribution in [0.25, 0.3) is 0 Å². The highest BCUT2D eigenvalue weighted by molar-refractivity contribution is 5.80. The minimum absolute atomic E-state index is 0.0895. The molecule has 1 atom stereocenters. The van der Waals surface area contributed by atoms with Crippen LogP contribution < -0.4 is 5.32 Å². The first kappa shape index (κ1) is 15.7. The number of carboxylic acids is 1. The van der Waals surface area contributed by atoms with Crippen molar-refractivity contribution < 1.29 is 14.7 Å². The maximum absolute atomic E-state index is 11.8. The standard InChI is InChI=1S/C14H17N3O3/c1-17(9-5-8-15)12(18)10-16-13(14(19)20)11-6-3-2-4-7-11/h2-4,6-7,13,16H,5,9-10H2,1H3,(H,19,20). The highest BCUT2D eigenvalue weighted by Gasteiger charge is 2.20. The summed E-state index contributed by atoms with van der Waals surface area (Å²) in [5.74, 6) is -1.29. The largest absolute Gasteiger partial charge is 0.480 e. The monoisotopic (exact) mass is 275 g/mol. The van der Waals surface area contributed by atoms with Crippen molar-refractivity contribution >= 4 is 11.9 Å². The number of benzene rings is 1. The third-order valence-electron chi connectivity index (χ3n) is 2.82. The summed E-state index contributed by atoms with van der Waals surface area (Å²) >= 11 is 0. The Balaban J connectivity index is 2.59. The third kappa shape index (κ3) is 4.71. The van der Waals surface area contributed by atoms with Gasteiger partial charge in [-0.3, -0.25) is 14.9 Å². The van der Waals surface area contributed by atoms with E-state index in [-0.39, 0.29) is 18.9 Å². The first-order valence-electron chi connectivity index (χ1n) is 6.18. The van der Waals surface area contributed by atoms with Gasteiger partial charge in [0.25, 0.3) is 0 Å². The van der Waals surface area contributed by atoms with Crippen molar-refractivity contribution in [2.45, 2.75) is 12.5 Å². The number of likely N-dealkylation sites (N-methyl/N-ethyl adjacent to an activating group) is 1. The lowest BCUT2D eigenvalue weighted by molar-refractivity contribution is -0.140. The van der Waals surface area contributed by atoms with Crippen LogP contribution in [0.4, 0.5) is 0 Å². The van der Waals surface area contributed by atoms with E-state index in [9.17, 15) is 14.7 Å². The number of carbonyl (C=O) groups is 2. The van der Waals surface area contributed by atoms with Crippen LogP contribution in [-0.2, 0) is 9.59 Å². The number of amides is 1. The van der Waals surface area contributed by atoms with E-state index in [4.69, 9.17) is 5.26 Å². The Bertz CT molecular complexity index is 496. The van der Waals surface area contributed by atoms with Gasteiger partial charge in [0, 0.05) is 13.6 Å². The molecule has 1 aromatic carbocycles. The molecule has 0 aliphatic heterocycles. The summed E-state index contributed by atoms with van der Waals surface area (Å²) in [6, 6.07) is 9.69. The van der Waals surface area contributed by atoms with Gasteiger partial charge in [-0.1, -0.05) is 30.3 Å². The Morgan fingerprint density at radius 3 is 2.60 bits per heavy atom. The molecular weight excluding hydrogens is 258 g/mol. The highest BCUT2D eigenvalue weighted by Crippen LogP contribution is 2.12. The molecule has 6 nitrogen and oxygen atoms in total. The Morgan fingerprint density at radius 2 is 2.05 bits per heavy atom. The average Bonchev–Trinajstić information content (AvgIpc) is 2.45. The normalized spacial score (nSPS) is 11.4. The molecule has 0 spiro atoms. The lowest BCUT2D eigenvalue weighted by Gasteiger charge is -2.19. The molecule has 106 valence electrons. The van der Waals surface area contributed by atoms with Gasteiger partial charge in [0.2, 0.25) is 5.91 Å². The molecule has 1 aromatic rings. The fourth-order valence-electron chi connectivity index (χ4n) is 1.66. The smallest absolute Gasteiger partial charge is 0.325 e. The molecule has 20 heavy (non-hydrogen) atoms. The molecule has 0 aromatic heterocycles. The van der Waals surface area contributed by atoms with Crippen molar-refractivity contribution in [1.29, 1.82) is 5.26 Å². The number of nitriles is 1. The zero-order valence-corrected chi connectivity index (χ0v) is 11.2. The molecule has 0 bridgehead atoms. The molecule has 0 radical (unpaired) electrons. The molecular formula is C14H17N3O3. The van der Waals surface area contributed by atoms with Gasteiger partial charge in [0.15, 0.2) is 0 Å². The molecule has 0 heterocycles. The number of hydrogen-bond acceptors (Lipinski definition) is 4. The van der Waals surface area contributed by atoms with Crippen LogP contribution in [0.3, 0.4) is 0 Å². The minimum Gasteiger partial charge on any atom is -0.480 e. The van der Waals surface area contributed by atoms with Crippen LogP contribution in [-0.4, -0.2) is 42.0 Å². The van der Waals surface area contributed by atoms with Gasteiger partial charge in [0.05, 0.1) is 19.0 Å². The van der Waals surface area contributed by atoms with Gasteiger partial charge in [-0.15, -0.1) is 0 Å². The average molecular weight is 275 g/mol. The fourth-order valence-corrected chi connectivity index (χ4v) is 1.66. The quantitative estimate of drug-likeness (QED) is 0.766. The molecule has 0 saturated heterocycles. The SMILES string of the molecule is CN(CCC#N)C(=O)CNC(C(=O)O)c1ccccc1. The van der Waals surface area contributed by atoms with Crippen molar-refractivity contribution in [1.82, 2.24) is 10.2 Å². The van der Waals surface area contributed by atoms with Crippen molar-refractivity contribution in [3.63, 3.8) is 0 Å². The molecule has 0 saturated carbocycles. The summed E-state index contributed by atoms with van der Waals surface area (Å²) in [7, 11) is 1.58. The Morgan fingerprint density at radius 1 is 1.40 bits per heavy atom. The molecule has 1 amide bonds. The second kappa shape index (κ2) is 7.92. The van der Waals surface area contributed by atoms with Crippen LogP contribution in [0.5, 0.6) is 0 Å². The topological polar surface area (TPSA) is 93.4 Å². The maximum Gasteiger partial charge on any atom is 0.325 e. The van der Waals surface area contributed by atoms with Crippen molar-refractivity contribution in [3.8, 4) is 6.07 Å². The first-order valence-corrected chi connectivity index (χ1v) is 6.18. The van der Waals surface area contributed by atoms with Gasteiger partial charge in [-0.05, 0) is 5.56 Å². The van der Waals surface area contributed by atoms with Crippen LogP contribution >= 0.6 is 0 Å². The number of hydrogen-bond donors (Lipinski definition) is 2. The van der Waals surface area contributed by atoms with E-state index in [0.717, 1.165) is 0 Å². The Hall–Kier alpha value is -2.39. The van der Waals surface area contributed by atoms with Gasteiger partial charge in [-0.25, -0.2) is 0 Å². The van der Waals surface area contributed by atoms with E-state index in [0.29, 0.717) is 12.1 Å². The first-order chi connectivity index (χ1) is 9.56. The molecule has 0 aliphatic carbocycles. The van der Waals surface area contributed by atoms with Crippen molar-refractivity contribution in [3.05, 3.63) is 35.9 Å². The lowest BCUT2D eigenvalue weighted by atomic mass is 10.1. The predicted octanol–water partition coefficient (Wildman–Crippen LogP) is 0.774. The van der Waals surface area contributed by atoms with E-state index in [1.54, 1.807) is 37.4 Å². The van der Waals surface area contributed by atoms with Gasteiger partial charge in [-0.2, -0.15) is 5.26 Å². The zero-order chi connectivity index (χ0) is 15.0. The van der Waals surface area contributed by atoms with Crippen LogP contribution in [0.15, 0.2) is 30.3 Å². The van der Waals surface area contributed by atoms with Gasteiger partial charge >= 0.3 is 5.97 Å². The van der Waals surface area contributed by atoms with E-state index in [1.165, 1.54) is 4.90 Å². The number of rotatable bonds is 7. The predicted molar refractivity (Wildman–Crippen MR) is 72.7 cm³/mol. The van der Waals surface area contributed by atoms with E-state index in [2.05, 4.69) is 5.32 Å². The Labute approximate surface area is 117 Å². The maximum atomic E-state index is 11.8. The number of nitrogens with zero attached hydrogens (tertiary/aromatic N) is 2. The molecule has 1 rings (SSSR count). The number of nitrogens with one attached hydrogen (secondary N) is 1. The zero-order valence-electron chi connectivity index (χ0n) is 11.2. The molecule has 0 fully saturated rings. The van der Waals surface area contributed by atoms with E-state index >= 15 is 0 Å². The molecule has 0 aliphatic rings. The molecule has 6 heteroatoms. The van der Waals surface area contributed by atoms with E-state index < -0.39 is 12.0 Å². The number of aliphatic carboxylic acids is 1. The van der Waals surface area contributed by atoms with E-state index in [1.807, 2.05) is 6.07 Å². The number of carboxylic acid groups (broad SMARTS) is 1. The fraction of sp³-hybridized carbons (Fsp3) is 0.357. The lowest BCUT2D eigenvalue weighted by Crippen LogP contribution is -2.39. The minimum atomic E-state index is -1.04. The summed E-state index contributed by atoms with van der Waals surface area (Å²) in [5.41, 5.74) is 0.590. The highest BCUT2D eigenvalue weighted by atomic mass is 16.4. The second-order valence-electron chi connectivity index (χ2n) is 4.29. The second-order valence-corrected chi connectivity index (χ2v) is 4.29. The molecule has 1 unspecified atom stereocenters. The number of carbonyl (C=O) groups excluding carboxylic acids is 1. The van der Waals surface area contributed by atoms with Gasteiger partial charge in [0.1, 0.15) is 6.04 Å². The van der Waals surface area contributed by atoms with Crippen molar-refractivity contribution in [2.75, 3.05) is 20.1 Å². The summed E-state index contributed by atoms with van der Waals surface area (Å²) < 4.78 is 0. The van der Waals surface area contributed by atoms with Crippen LogP contribution in [0.1, 0.15) is 18.0 Å². The Kier molecular flexibility index (Phi) is 6.20. The summed E-state index contributed by atoms with van der Waals surface area (Å²) in [6.45, 7) is 0.244. The molecule has 2 N–H and O–H groups in total. The van der Waals surface area contributed by atoms with Crippen LogP contribution in [0, 0.1) is 11.3 Å². The van der Waals surface area contributed by atoms with Crippen molar-refractivity contribution in [2.24, 2.45) is 0 Å². The summed E-state index contributed by atoms with van der Waals surface area (Å²) in [4.78, 5) is 24.4. The third-order valence-corrected chi connectivity index (χ3v) is 2.82. The van der Waals surface area contributed by atoms with Gasteiger partial charge < -0.3 is 10.0 Å². The summed E-state index contributed by atoms with van der Waals surface area (Å²) in [6.07, 6.45) is 0.253.